The van der Waals surface area contributed by atoms with Gasteiger partial charge in [-0.1, -0.05) is 99.6 Å². The Hall–Kier alpha value is -5.35. The molecule has 1 aromatic heterocycles. The lowest BCUT2D eigenvalue weighted by Gasteiger charge is -2.27. The minimum atomic E-state index is 0.0302. The number of hydrogen-bond donors (Lipinski definition) is 0. The van der Waals surface area contributed by atoms with Crippen molar-refractivity contribution in [2.24, 2.45) is 0 Å². The van der Waals surface area contributed by atoms with Crippen molar-refractivity contribution in [3.8, 4) is 33.9 Å². The summed E-state index contributed by atoms with van der Waals surface area (Å²) in [6, 6.07) is 48.6. The van der Waals surface area contributed by atoms with Crippen LogP contribution in [0, 0.1) is 0 Å². The molecular formula is C40H35N3O. The first kappa shape index (κ1) is 27.5. The van der Waals surface area contributed by atoms with Gasteiger partial charge >= 0.3 is 0 Å². The van der Waals surface area contributed by atoms with Crippen molar-refractivity contribution >= 4 is 22.7 Å². The fourth-order valence-electron chi connectivity index (χ4n) is 5.83. The number of aromatic nitrogens is 1. The van der Waals surface area contributed by atoms with Crippen LogP contribution < -0.4 is 14.5 Å². The van der Waals surface area contributed by atoms with Gasteiger partial charge in [-0.05, 0) is 71.1 Å². The van der Waals surface area contributed by atoms with Gasteiger partial charge in [-0.15, -0.1) is 0 Å². The Morgan fingerprint density at radius 1 is 0.568 bits per heavy atom. The molecule has 2 heterocycles. The zero-order valence-corrected chi connectivity index (χ0v) is 25.3. The van der Waals surface area contributed by atoms with Crippen molar-refractivity contribution in [2.75, 3.05) is 16.5 Å². The Balaban J connectivity index is 1.24. The van der Waals surface area contributed by atoms with Crippen LogP contribution in [-0.2, 0) is 5.41 Å². The summed E-state index contributed by atoms with van der Waals surface area (Å²) >= 11 is 0. The lowest BCUT2D eigenvalue weighted by atomic mass is 9.85. The van der Waals surface area contributed by atoms with Gasteiger partial charge in [0, 0.05) is 29.1 Å². The second-order valence-electron chi connectivity index (χ2n) is 12.2. The maximum atomic E-state index is 6.40. The molecule has 0 N–H and O–H groups in total. The van der Waals surface area contributed by atoms with Gasteiger partial charge in [-0.3, -0.25) is 4.98 Å². The number of para-hydroxylation sites is 2. The quantitative estimate of drug-likeness (QED) is 0.198. The van der Waals surface area contributed by atoms with Crippen LogP contribution in [0.25, 0.3) is 22.4 Å². The van der Waals surface area contributed by atoms with Gasteiger partial charge in [0.15, 0.2) is 0 Å². The van der Waals surface area contributed by atoms with E-state index in [1.165, 1.54) is 33.8 Å². The van der Waals surface area contributed by atoms with Crippen LogP contribution in [0.15, 0.2) is 146 Å². The van der Waals surface area contributed by atoms with Crippen molar-refractivity contribution < 1.29 is 4.74 Å². The highest BCUT2D eigenvalue weighted by molar-refractivity contribution is 5.92. The highest BCUT2D eigenvalue weighted by atomic mass is 16.5. The van der Waals surface area contributed by atoms with Crippen molar-refractivity contribution in [3.05, 3.63) is 151 Å². The summed E-state index contributed by atoms with van der Waals surface area (Å²) in [5, 5.41) is 0. The van der Waals surface area contributed by atoms with E-state index in [4.69, 9.17) is 4.74 Å². The summed E-state index contributed by atoms with van der Waals surface area (Å²) in [5.74, 6) is 1.57. The minimum Gasteiger partial charge on any atom is -0.457 e. The number of rotatable bonds is 6. The predicted molar refractivity (Wildman–Crippen MR) is 182 cm³/mol. The van der Waals surface area contributed by atoms with Crippen molar-refractivity contribution in [3.63, 3.8) is 0 Å². The second-order valence-corrected chi connectivity index (χ2v) is 12.2. The molecule has 0 spiro atoms. The average molecular weight is 574 g/mol. The molecule has 4 heteroatoms. The van der Waals surface area contributed by atoms with Crippen molar-refractivity contribution in [1.29, 1.82) is 0 Å². The summed E-state index contributed by atoms with van der Waals surface area (Å²) in [5.41, 5.74) is 10.4. The van der Waals surface area contributed by atoms with Gasteiger partial charge in [0.2, 0.25) is 0 Å². The Kier molecular flexibility index (Phi) is 7.11. The lowest BCUT2D eigenvalue weighted by molar-refractivity contribution is 0.483. The molecule has 0 unspecified atom stereocenters. The normalized spacial score (nSPS) is 12.7. The molecule has 0 saturated carbocycles. The van der Waals surface area contributed by atoms with Crippen LogP contribution in [0.1, 0.15) is 26.3 Å². The largest absolute Gasteiger partial charge is 0.457 e. The highest BCUT2D eigenvalue weighted by Crippen LogP contribution is 2.48. The first-order chi connectivity index (χ1) is 21.4. The fraction of sp³-hybridized carbons (Fsp3) is 0.125. The molecule has 1 aliphatic heterocycles. The summed E-state index contributed by atoms with van der Waals surface area (Å²) in [6.07, 6.45) is 1.81. The van der Waals surface area contributed by atoms with Crippen LogP contribution >= 0.6 is 0 Å². The van der Waals surface area contributed by atoms with Gasteiger partial charge in [-0.25, -0.2) is 0 Å². The van der Waals surface area contributed by atoms with E-state index in [9.17, 15) is 0 Å². The number of hydrogen-bond acceptors (Lipinski definition) is 4. The molecule has 0 bridgehead atoms. The highest BCUT2D eigenvalue weighted by Gasteiger charge is 2.30. The van der Waals surface area contributed by atoms with E-state index in [0.717, 1.165) is 28.4 Å². The number of pyridine rings is 1. The Morgan fingerprint density at radius 2 is 1.25 bits per heavy atom. The van der Waals surface area contributed by atoms with Crippen LogP contribution in [0.2, 0.25) is 0 Å². The van der Waals surface area contributed by atoms with E-state index in [2.05, 4.69) is 133 Å². The smallest absolute Gasteiger partial charge is 0.129 e. The Labute approximate surface area is 259 Å². The van der Waals surface area contributed by atoms with E-state index in [1.54, 1.807) is 0 Å². The number of benzene rings is 5. The molecule has 7 rings (SSSR count). The van der Waals surface area contributed by atoms with Gasteiger partial charge in [0.05, 0.1) is 22.8 Å². The number of anilines is 4. The topological polar surface area (TPSA) is 28.6 Å². The number of fused-ring (bicyclic) bond motifs is 1. The Bertz CT molecular complexity index is 1910. The summed E-state index contributed by atoms with van der Waals surface area (Å²) in [6.45, 7) is 7.51. The van der Waals surface area contributed by atoms with Crippen molar-refractivity contribution in [1.82, 2.24) is 4.98 Å². The van der Waals surface area contributed by atoms with Crippen LogP contribution in [0.5, 0.6) is 11.5 Å². The standard InChI is InChI=1S/C40H35N3O/c1-40(2,3)31-22-23-35(29-13-5-4-6-14-29)39(26-31)43-28-42(37-20-7-8-21-38(37)43)32-16-12-18-34(27-32)44-33-17-11-15-30(25-33)36-19-9-10-24-41-36/h4-27H,28H2,1-3H3. The van der Waals surface area contributed by atoms with Crippen LogP contribution in [0.4, 0.5) is 22.7 Å². The van der Waals surface area contributed by atoms with Gasteiger partial charge < -0.3 is 14.5 Å². The molecule has 1 aliphatic rings. The predicted octanol–water partition coefficient (Wildman–Crippen LogP) is 10.8. The summed E-state index contributed by atoms with van der Waals surface area (Å²) in [4.78, 5) is 9.30. The van der Waals surface area contributed by atoms with Gasteiger partial charge in [-0.2, -0.15) is 0 Å². The number of nitrogens with zero attached hydrogens (tertiary/aromatic N) is 3. The van der Waals surface area contributed by atoms with E-state index in [-0.39, 0.29) is 5.41 Å². The molecule has 0 saturated heterocycles. The zero-order chi connectivity index (χ0) is 30.1. The van der Waals surface area contributed by atoms with E-state index in [0.29, 0.717) is 6.67 Å². The minimum absolute atomic E-state index is 0.0302. The maximum Gasteiger partial charge on any atom is 0.129 e. The maximum absolute atomic E-state index is 6.40. The second kappa shape index (κ2) is 11.4. The third-order valence-electron chi connectivity index (χ3n) is 8.15. The monoisotopic (exact) mass is 573 g/mol. The Morgan fingerprint density at radius 3 is 2.00 bits per heavy atom. The van der Waals surface area contributed by atoms with Crippen LogP contribution in [0.3, 0.4) is 0 Å². The van der Waals surface area contributed by atoms with E-state index < -0.39 is 0 Å². The third kappa shape index (κ3) is 5.43. The molecule has 216 valence electrons. The fourth-order valence-corrected chi connectivity index (χ4v) is 5.83. The molecule has 0 radical (unpaired) electrons. The first-order valence-electron chi connectivity index (χ1n) is 15.1. The van der Waals surface area contributed by atoms with E-state index >= 15 is 0 Å². The molecule has 4 nitrogen and oxygen atoms in total. The van der Waals surface area contributed by atoms with E-state index in [1.807, 2.05) is 48.7 Å². The first-order valence-corrected chi connectivity index (χ1v) is 15.1. The van der Waals surface area contributed by atoms with Crippen molar-refractivity contribution in [2.45, 2.75) is 26.2 Å². The molecular weight excluding hydrogens is 538 g/mol. The molecule has 0 amide bonds. The zero-order valence-electron chi connectivity index (χ0n) is 25.3. The molecule has 5 aromatic carbocycles. The van der Waals surface area contributed by atoms with Gasteiger partial charge in [0.1, 0.15) is 18.2 Å². The molecule has 6 aromatic rings. The number of ether oxygens (including phenoxy) is 1. The lowest BCUT2D eigenvalue weighted by Crippen LogP contribution is -2.25. The molecule has 0 fully saturated rings. The summed E-state index contributed by atoms with van der Waals surface area (Å²) < 4.78 is 6.40. The average Bonchev–Trinajstić information content (AvgIpc) is 3.45. The SMILES string of the molecule is CC(C)(C)c1ccc(-c2ccccc2)c(N2CN(c3cccc(Oc4cccc(-c5ccccn5)c4)c3)c3ccccc32)c1. The molecule has 0 atom stereocenters. The third-order valence-corrected chi connectivity index (χ3v) is 8.15. The summed E-state index contributed by atoms with van der Waals surface area (Å²) in [7, 11) is 0. The van der Waals surface area contributed by atoms with Crippen LogP contribution in [-0.4, -0.2) is 11.7 Å². The molecule has 44 heavy (non-hydrogen) atoms. The molecule has 0 aliphatic carbocycles. The van der Waals surface area contributed by atoms with Gasteiger partial charge in [0.25, 0.3) is 0 Å².